The zero-order valence-electron chi connectivity index (χ0n) is 13.7. The van der Waals surface area contributed by atoms with Crippen LogP contribution in [0.15, 0.2) is 24.5 Å². The van der Waals surface area contributed by atoms with Crippen LogP contribution in [0.3, 0.4) is 0 Å². The molecule has 0 unspecified atom stereocenters. The first-order valence-electron chi connectivity index (χ1n) is 8.47. The Balaban J connectivity index is 1.40. The minimum atomic E-state index is -0.241. The number of pyridine rings is 1. The monoisotopic (exact) mass is 327 g/mol. The summed E-state index contributed by atoms with van der Waals surface area (Å²) < 4.78 is 5.76. The molecule has 7 heteroatoms. The lowest BCUT2D eigenvalue weighted by atomic mass is 10.1. The van der Waals surface area contributed by atoms with E-state index in [9.17, 15) is 4.79 Å². The molecule has 1 N–H and O–H groups in total. The molecule has 0 bridgehead atoms. The number of hydrogen-bond acceptors (Lipinski definition) is 5. The van der Waals surface area contributed by atoms with Crippen molar-refractivity contribution in [2.45, 2.75) is 31.8 Å². The van der Waals surface area contributed by atoms with E-state index in [0.29, 0.717) is 31.4 Å². The summed E-state index contributed by atoms with van der Waals surface area (Å²) in [6.45, 7) is 3.71. The molecule has 0 radical (unpaired) electrons. The van der Waals surface area contributed by atoms with Crippen molar-refractivity contribution in [3.63, 3.8) is 0 Å². The molecule has 3 atom stereocenters. The normalized spacial score (nSPS) is 26.4. The van der Waals surface area contributed by atoms with Crippen molar-refractivity contribution in [1.29, 1.82) is 0 Å². The Morgan fingerprint density at radius 3 is 3.17 bits per heavy atom. The zero-order valence-corrected chi connectivity index (χ0v) is 13.7. The van der Waals surface area contributed by atoms with Crippen molar-refractivity contribution >= 4 is 5.91 Å². The number of aryl methyl sites for hydroxylation is 1. The van der Waals surface area contributed by atoms with Crippen LogP contribution in [0.5, 0.6) is 0 Å². The van der Waals surface area contributed by atoms with Gasteiger partial charge in [0.1, 0.15) is 11.9 Å². The third-order valence-corrected chi connectivity index (χ3v) is 4.77. The molecule has 0 aromatic carbocycles. The minimum Gasteiger partial charge on any atom is -0.366 e. The second-order valence-corrected chi connectivity index (χ2v) is 6.37. The minimum absolute atomic E-state index is 0.0753. The van der Waals surface area contributed by atoms with Gasteiger partial charge in [-0.3, -0.25) is 14.9 Å². The average Bonchev–Trinajstić information content (AvgIpc) is 3.30. The van der Waals surface area contributed by atoms with Gasteiger partial charge in [0.25, 0.3) is 0 Å². The van der Waals surface area contributed by atoms with Crippen molar-refractivity contribution < 1.29 is 9.53 Å². The predicted molar refractivity (Wildman–Crippen MR) is 86.1 cm³/mol. The fraction of sp³-hybridized carbons (Fsp3) is 0.529. The van der Waals surface area contributed by atoms with Crippen molar-refractivity contribution in [3.05, 3.63) is 41.7 Å². The first-order valence-corrected chi connectivity index (χ1v) is 8.47. The average molecular weight is 327 g/mol. The number of ether oxygens (including phenoxy) is 1. The van der Waals surface area contributed by atoms with Crippen LogP contribution < -0.4 is 0 Å². The molecule has 1 aliphatic heterocycles. The first kappa shape index (κ1) is 15.3. The van der Waals surface area contributed by atoms with Gasteiger partial charge in [-0.05, 0) is 24.0 Å². The highest BCUT2D eigenvalue weighted by Crippen LogP contribution is 2.48. The Bertz CT molecular complexity index is 717. The first-order chi connectivity index (χ1) is 11.8. The summed E-state index contributed by atoms with van der Waals surface area (Å²) in [4.78, 5) is 23.3. The van der Waals surface area contributed by atoms with Crippen LogP contribution in [0, 0.1) is 5.92 Å². The summed E-state index contributed by atoms with van der Waals surface area (Å²) in [5.74, 6) is 2.08. The summed E-state index contributed by atoms with van der Waals surface area (Å²) in [5.41, 5.74) is 1.15. The molecule has 2 aromatic heterocycles. The Kier molecular flexibility index (Phi) is 4.02. The van der Waals surface area contributed by atoms with E-state index < -0.39 is 0 Å². The SMILES string of the molecule is CCc1nc([C@@H]2CN(C(=O)[C@H]3C[C@@H]3c3cccnc3)CCO2)n[nH]1. The van der Waals surface area contributed by atoms with E-state index in [1.165, 1.54) is 0 Å². The maximum Gasteiger partial charge on any atom is 0.226 e. The number of hydrogen-bond donors (Lipinski definition) is 1. The third kappa shape index (κ3) is 2.91. The second kappa shape index (κ2) is 6.32. The van der Waals surface area contributed by atoms with Gasteiger partial charge in [0.15, 0.2) is 5.82 Å². The van der Waals surface area contributed by atoms with Gasteiger partial charge < -0.3 is 9.64 Å². The lowest BCUT2D eigenvalue weighted by molar-refractivity contribution is -0.140. The highest BCUT2D eigenvalue weighted by atomic mass is 16.5. The molecule has 0 spiro atoms. The maximum absolute atomic E-state index is 12.8. The molecule has 24 heavy (non-hydrogen) atoms. The number of carbonyl (C=O) groups excluding carboxylic acids is 1. The van der Waals surface area contributed by atoms with Crippen LogP contribution in [0.4, 0.5) is 0 Å². The summed E-state index contributed by atoms with van der Waals surface area (Å²) in [6, 6.07) is 3.97. The molecule has 126 valence electrons. The lowest BCUT2D eigenvalue weighted by Gasteiger charge is -2.31. The van der Waals surface area contributed by atoms with Gasteiger partial charge in [0.05, 0.1) is 13.2 Å². The molecule has 7 nitrogen and oxygen atoms in total. The standard InChI is InChI=1S/C17H21N5O2/c1-2-15-19-16(21-20-15)14-10-22(6-7-24-14)17(23)13-8-12(13)11-4-3-5-18-9-11/h3-5,9,12-14H,2,6-8,10H2,1H3,(H,19,20,21)/t12-,13+,14+/m1/s1. The van der Waals surface area contributed by atoms with E-state index in [-0.39, 0.29) is 17.9 Å². The lowest BCUT2D eigenvalue weighted by Crippen LogP contribution is -2.43. The number of morpholine rings is 1. The smallest absolute Gasteiger partial charge is 0.226 e. The number of aromatic amines is 1. The molecule has 1 saturated heterocycles. The number of carbonyl (C=O) groups is 1. The molecule has 1 saturated carbocycles. The molecule has 3 heterocycles. The van der Waals surface area contributed by atoms with Gasteiger partial charge in [-0.25, -0.2) is 4.98 Å². The van der Waals surface area contributed by atoms with Gasteiger partial charge >= 0.3 is 0 Å². The van der Waals surface area contributed by atoms with E-state index in [0.717, 1.165) is 24.2 Å². The molecule has 2 fully saturated rings. The van der Waals surface area contributed by atoms with Gasteiger partial charge in [-0.15, -0.1) is 0 Å². The fourth-order valence-electron chi connectivity index (χ4n) is 3.28. The molecule has 4 rings (SSSR count). The summed E-state index contributed by atoms with van der Waals surface area (Å²) in [6.07, 6.45) is 5.09. The van der Waals surface area contributed by atoms with Gasteiger partial charge in [-0.2, -0.15) is 5.10 Å². The second-order valence-electron chi connectivity index (χ2n) is 6.37. The molecule has 2 aromatic rings. The quantitative estimate of drug-likeness (QED) is 0.919. The number of amides is 1. The Hall–Kier alpha value is -2.28. The predicted octanol–water partition coefficient (Wildman–Crippen LogP) is 1.47. The van der Waals surface area contributed by atoms with E-state index >= 15 is 0 Å². The van der Waals surface area contributed by atoms with Crippen molar-refractivity contribution in [2.75, 3.05) is 19.7 Å². The number of aromatic nitrogens is 4. The summed E-state index contributed by atoms with van der Waals surface area (Å²) >= 11 is 0. The molecule has 1 aliphatic carbocycles. The maximum atomic E-state index is 12.8. The van der Waals surface area contributed by atoms with Crippen LogP contribution in [0.2, 0.25) is 0 Å². The van der Waals surface area contributed by atoms with Crippen molar-refractivity contribution in [3.8, 4) is 0 Å². The highest BCUT2D eigenvalue weighted by molar-refractivity contribution is 5.83. The molecule has 2 aliphatic rings. The van der Waals surface area contributed by atoms with Crippen LogP contribution in [-0.2, 0) is 16.0 Å². The van der Waals surface area contributed by atoms with Gasteiger partial charge in [0.2, 0.25) is 5.91 Å². The highest BCUT2D eigenvalue weighted by Gasteiger charge is 2.46. The van der Waals surface area contributed by atoms with Gasteiger partial charge in [0, 0.05) is 31.3 Å². The van der Waals surface area contributed by atoms with Crippen molar-refractivity contribution in [1.82, 2.24) is 25.1 Å². The van der Waals surface area contributed by atoms with E-state index in [2.05, 4.69) is 20.2 Å². The Morgan fingerprint density at radius 1 is 1.50 bits per heavy atom. The number of H-pyrrole nitrogens is 1. The van der Waals surface area contributed by atoms with Crippen LogP contribution in [-0.4, -0.2) is 50.7 Å². The topological polar surface area (TPSA) is 84.0 Å². The Morgan fingerprint density at radius 2 is 2.42 bits per heavy atom. The number of nitrogens with zero attached hydrogens (tertiary/aromatic N) is 4. The third-order valence-electron chi connectivity index (χ3n) is 4.77. The van der Waals surface area contributed by atoms with Gasteiger partial charge in [-0.1, -0.05) is 13.0 Å². The largest absolute Gasteiger partial charge is 0.366 e. The van der Waals surface area contributed by atoms with Crippen molar-refractivity contribution in [2.24, 2.45) is 5.92 Å². The number of nitrogens with one attached hydrogen (secondary N) is 1. The van der Waals surface area contributed by atoms with Crippen LogP contribution in [0.1, 0.15) is 42.6 Å². The van der Waals surface area contributed by atoms with E-state index in [1.807, 2.05) is 30.2 Å². The van der Waals surface area contributed by atoms with Crippen LogP contribution in [0.25, 0.3) is 0 Å². The van der Waals surface area contributed by atoms with E-state index in [4.69, 9.17) is 4.74 Å². The summed E-state index contributed by atoms with van der Waals surface area (Å²) in [5, 5.41) is 7.13. The van der Waals surface area contributed by atoms with Crippen LogP contribution >= 0.6 is 0 Å². The van der Waals surface area contributed by atoms with E-state index in [1.54, 1.807) is 6.20 Å². The molecular weight excluding hydrogens is 306 g/mol. The number of rotatable bonds is 4. The molecular formula is C17H21N5O2. The summed E-state index contributed by atoms with van der Waals surface area (Å²) in [7, 11) is 0. The fourth-order valence-corrected chi connectivity index (χ4v) is 3.28. The Labute approximate surface area is 140 Å². The molecule has 1 amide bonds. The zero-order chi connectivity index (χ0) is 16.5.